The van der Waals surface area contributed by atoms with Crippen LogP contribution in [-0.2, 0) is 14.0 Å². The largest absolute Gasteiger partial charge is 0.541 e. The predicted octanol–water partition coefficient (Wildman–Crippen LogP) is 3.66. The van der Waals surface area contributed by atoms with E-state index in [9.17, 15) is 4.79 Å². The molecule has 1 fully saturated rings. The molecule has 3 atom stereocenters. The van der Waals surface area contributed by atoms with Crippen LogP contribution in [0.1, 0.15) is 41.0 Å². The van der Waals surface area contributed by atoms with Gasteiger partial charge in [0, 0.05) is 0 Å². The van der Waals surface area contributed by atoms with Gasteiger partial charge >= 0.3 is 0 Å². The van der Waals surface area contributed by atoms with Gasteiger partial charge in [-0.1, -0.05) is 27.7 Å². The highest BCUT2D eigenvalue weighted by atomic mass is 28.4. The Labute approximate surface area is 117 Å². The van der Waals surface area contributed by atoms with E-state index in [1.165, 1.54) is 0 Å². The number of fused-ring (bicyclic) bond motifs is 2. The van der Waals surface area contributed by atoms with Gasteiger partial charge in [0.05, 0.1) is 6.10 Å². The van der Waals surface area contributed by atoms with E-state index in [4.69, 9.17) is 9.16 Å². The van der Waals surface area contributed by atoms with Crippen LogP contribution in [0.5, 0.6) is 0 Å². The Kier molecular flexibility index (Phi) is 3.26. The van der Waals surface area contributed by atoms with Gasteiger partial charge in [0.25, 0.3) is 8.32 Å². The average Bonchev–Trinajstić information content (AvgIpc) is 2.47. The molecule has 19 heavy (non-hydrogen) atoms. The van der Waals surface area contributed by atoms with Gasteiger partial charge in [-0.05, 0) is 43.5 Å². The Morgan fingerprint density at radius 3 is 2.53 bits per heavy atom. The summed E-state index contributed by atoms with van der Waals surface area (Å²) in [6.45, 7) is 14.9. The van der Waals surface area contributed by atoms with Gasteiger partial charge in [-0.15, -0.1) is 0 Å². The van der Waals surface area contributed by atoms with Crippen LogP contribution in [0, 0.1) is 5.92 Å². The van der Waals surface area contributed by atoms with E-state index in [1.54, 1.807) is 0 Å². The molecular weight excluding hydrogens is 256 g/mol. The molecule has 0 radical (unpaired) electrons. The third-order valence-corrected chi connectivity index (χ3v) is 9.45. The second-order valence-corrected chi connectivity index (χ2v) is 12.3. The molecule has 0 aliphatic carbocycles. The molecule has 0 aromatic carbocycles. The van der Waals surface area contributed by atoms with E-state index in [-0.39, 0.29) is 22.8 Å². The van der Waals surface area contributed by atoms with Gasteiger partial charge in [0.2, 0.25) is 5.78 Å². The summed E-state index contributed by atoms with van der Waals surface area (Å²) in [5.41, 5.74) is -0.683. The maximum atomic E-state index is 12.6. The maximum absolute atomic E-state index is 12.6. The lowest BCUT2D eigenvalue weighted by atomic mass is 9.87. The summed E-state index contributed by atoms with van der Waals surface area (Å²) in [6, 6.07) is 0. The summed E-state index contributed by atoms with van der Waals surface area (Å²) in [6.07, 6.45) is 2.85. The lowest BCUT2D eigenvalue weighted by molar-refractivity contribution is -0.143. The van der Waals surface area contributed by atoms with Crippen LogP contribution in [0.2, 0.25) is 18.1 Å². The SMILES string of the molecule is C[C@@H]1C[C@H]2C=C(O[Si](C)(C)C(C)(C)C)C(=O)[C@]1(C)O2. The first kappa shape index (κ1) is 14.8. The standard InChI is InChI=1S/C15H26O3Si/c1-10-8-11-9-12(13(16)15(10,5)17-11)18-19(6,7)14(2,3)4/h9-11H,8H2,1-7H3/t10-,11+,15-/m1/s1. The molecule has 1 saturated heterocycles. The Hall–Kier alpha value is -0.613. The second-order valence-electron chi connectivity index (χ2n) is 7.62. The van der Waals surface area contributed by atoms with Crippen LogP contribution in [0.25, 0.3) is 0 Å². The highest BCUT2D eigenvalue weighted by Crippen LogP contribution is 2.45. The molecule has 2 heterocycles. The van der Waals surface area contributed by atoms with Crippen LogP contribution in [0.3, 0.4) is 0 Å². The highest BCUT2D eigenvalue weighted by Gasteiger charge is 2.53. The number of carbonyl (C=O) groups is 1. The van der Waals surface area contributed by atoms with Gasteiger partial charge in [-0.25, -0.2) is 0 Å². The molecule has 108 valence electrons. The number of hydrogen-bond acceptors (Lipinski definition) is 3. The van der Waals surface area contributed by atoms with Crippen LogP contribution in [0.15, 0.2) is 11.8 Å². The molecule has 0 unspecified atom stereocenters. The Morgan fingerprint density at radius 2 is 2.00 bits per heavy atom. The zero-order valence-electron chi connectivity index (χ0n) is 13.2. The van der Waals surface area contributed by atoms with Crippen molar-refractivity contribution in [3.8, 4) is 0 Å². The van der Waals surface area contributed by atoms with Crippen molar-refractivity contribution < 1.29 is 14.0 Å². The third-order valence-electron chi connectivity index (χ3n) is 5.11. The summed E-state index contributed by atoms with van der Waals surface area (Å²) in [7, 11) is -1.97. The van der Waals surface area contributed by atoms with E-state index >= 15 is 0 Å². The number of hydrogen-bond donors (Lipinski definition) is 0. The smallest absolute Gasteiger partial charge is 0.250 e. The first-order chi connectivity index (χ1) is 8.47. The van der Waals surface area contributed by atoms with Gasteiger partial charge in [0.15, 0.2) is 0 Å². The van der Waals surface area contributed by atoms with E-state index in [0.717, 1.165) is 6.42 Å². The molecule has 0 aromatic rings. The van der Waals surface area contributed by atoms with Crippen LogP contribution < -0.4 is 0 Å². The lowest BCUT2D eigenvalue weighted by Crippen LogP contribution is -2.48. The Morgan fingerprint density at radius 1 is 1.42 bits per heavy atom. The van der Waals surface area contributed by atoms with Gasteiger partial charge in [-0.2, -0.15) is 0 Å². The number of ether oxygens (including phenoxy) is 1. The molecule has 0 saturated carbocycles. The molecule has 2 aliphatic rings. The molecule has 4 heteroatoms. The van der Waals surface area contributed by atoms with Crippen molar-refractivity contribution in [2.45, 2.75) is 70.9 Å². The molecule has 0 amide bonds. The quantitative estimate of drug-likeness (QED) is 0.725. The first-order valence-corrected chi connectivity index (χ1v) is 10.0. The Bertz CT molecular complexity index is 433. The molecular formula is C15H26O3Si. The molecule has 3 nitrogen and oxygen atoms in total. The summed E-state index contributed by atoms with van der Waals surface area (Å²) in [5, 5.41) is 0.0952. The highest BCUT2D eigenvalue weighted by molar-refractivity contribution is 6.74. The number of ketones is 1. The fraction of sp³-hybridized carbons (Fsp3) is 0.800. The molecule has 2 aliphatic heterocycles. The van der Waals surface area contributed by atoms with Gasteiger partial charge < -0.3 is 9.16 Å². The number of carbonyl (C=O) groups excluding carboxylic acids is 1. The summed E-state index contributed by atoms with van der Waals surface area (Å²) < 4.78 is 12.1. The number of rotatable bonds is 2. The molecule has 0 N–H and O–H groups in total. The van der Waals surface area contributed by atoms with Crippen molar-refractivity contribution in [1.82, 2.24) is 0 Å². The molecule has 2 rings (SSSR count). The second kappa shape index (κ2) is 4.19. The van der Waals surface area contributed by atoms with Crippen LogP contribution in [-0.4, -0.2) is 25.8 Å². The van der Waals surface area contributed by atoms with Crippen LogP contribution >= 0.6 is 0 Å². The van der Waals surface area contributed by atoms with Crippen molar-refractivity contribution in [3.05, 3.63) is 11.8 Å². The summed E-state index contributed by atoms with van der Waals surface area (Å²) in [5.74, 6) is 0.829. The molecule has 0 aromatic heterocycles. The van der Waals surface area contributed by atoms with Gasteiger partial charge in [0.1, 0.15) is 11.4 Å². The fourth-order valence-electron chi connectivity index (χ4n) is 2.43. The zero-order chi connectivity index (χ0) is 14.6. The topological polar surface area (TPSA) is 35.5 Å². The van der Waals surface area contributed by atoms with Crippen LogP contribution in [0.4, 0.5) is 0 Å². The minimum Gasteiger partial charge on any atom is -0.541 e. The number of Topliss-reactive ketones (excluding diaryl/α,β-unsaturated/α-hetero) is 1. The fourth-order valence-corrected chi connectivity index (χ4v) is 3.45. The summed E-state index contributed by atoms with van der Waals surface area (Å²) >= 11 is 0. The molecule has 0 spiro atoms. The first-order valence-electron chi connectivity index (χ1n) is 7.11. The van der Waals surface area contributed by atoms with Crippen molar-refractivity contribution in [3.63, 3.8) is 0 Å². The van der Waals surface area contributed by atoms with Crippen molar-refractivity contribution >= 4 is 14.1 Å². The minimum absolute atomic E-state index is 0.0265. The van der Waals surface area contributed by atoms with Crippen molar-refractivity contribution in [1.29, 1.82) is 0 Å². The van der Waals surface area contributed by atoms with E-state index in [1.807, 2.05) is 13.0 Å². The Balaban J connectivity index is 2.26. The molecule has 2 bridgehead atoms. The summed E-state index contributed by atoms with van der Waals surface area (Å²) in [4.78, 5) is 12.6. The monoisotopic (exact) mass is 282 g/mol. The van der Waals surface area contributed by atoms with Gasteiger partial charge in [-0.3, -0.25) is 4.79 Å². The van der Waals surface area contributed by atoms with Crippen molar-refractivity contribution in [2.75, 3.05) is 0 Å². The lowest BCUT2D eigenvalue weighted by Gasteiger charge is -2.39. The average molecular weight is 282 g/mol. The van der Waals surface area contributed by atoms with E-state index in [2.05, 4.69) is 40.8 Å². The predicted molar refractivity (Wildman–Crippen MR) is 78.4 cm³/mol. The zero-order valence-corrected chi connectivity index (χ0v) is 14.2. The van der Waals surface area contributed by atoms with E-state index in [0.29, 0.717) is 5.76 Å². The third kappa shape index (κ3) is 2.29. The van der Waals surface area contributed by atoms with E-state index < -0.39 is 13.9 Å². The normalized spacial score (nSPS) is 35.3. The maximum Gasteiger partial charge on any atom is 0.250 e. The van der Waals surface area contributed by atoms with Crippen molar-refractivity contribution in [2.24, 2.45) is 5.92 Å². The minimum atomic E-state index is -1.97.